The van der Waals surface area contributed by atoms with E-state index in [1.165, 1.54) is 18.6 Å². The SMILES string of the molecule is CN=CC(=CN)c1cnc(N)c(C(N)=O)n1. The maximum atomic E-state index is 11.0. The molecule has 0 aliphatic carbocycles. The number of anilines is 1. The number of amides is 1. The van der Waals surface area contributed by atoms with Crippen LogP contribution in [-0.4, -0.2) is 29.1 Å². The fourth-order valence-corrected chi connectivity index (χ4v) is 1.05. The van der Waals surface area contributed by atoms with E-state index in [0.29, 0.717) is 11.3 Å². The van der Waals surface area contributed by atoms with Gasteiger partial charge in [0.1, 0.15) is 0 Å². The molecule has 84 valence electrons. The van der Waals surface area contributed by atoms with E-state index < -0.39 is 5.91 Å². The summed E-state index contributed by atoms with van der Waals surface area (Å²) in [4.78, 5) is 22.6. The monoisotopic (exact) mass is 220 g/mol. The molecule has 0 saturated heterocycles. The molecule has 1 rings (SSSR count). The van der Waals surface area contributed by atoms with Crippen LogP contribution in [0.25, 0.3) is 5.57 Å². The van der Waals surface area contributed by atoms with Gasteiger partial charge in [-0.1, -0.05) is 0 Å². The molecule has 0 atom stereocenters. The lowest BCUT2D eigenvalue weighted by Gasteiger charge is -2.03. The summed E-state index contributed by atoms with van der Waals surface area (Å²) in [6.07, 6.45) is 4.19. The number of hydrogen-bond acceptors (Lipinski definition) is 6. The van der Waals surface area contributed by atoms with Crippen molar-refractivity contribution in [2.75, 3.05) is 12.8 Å². The van der Waals surface area contributed by atoms with Crippen molar-refractivity contribution in [2.45, 2.75) is 0 Å². The average molecular weight is 220 g/mol. The van der Waals surface area contributed by atoms with E-state index in [2.05, 4.69) is 15.0 Å². The average Bonchev–Trinajstić information content (AvgIpc) is 2.26. The Morgan fingerprint density at radius 3 is 2.75 bits per heavy atom. The molecule has 0 unspecified atom stereocenters. The molecule has 0 radical (unpaired) electrons. The molecule has 0 spiro atoms. The van der Waals surface area contributed by atoms with Crippen LogP contribution in [0.15, 0.2) is 17.4 Å². The van der Waals surface area contributed by atoms with Gasteiger partial charge in [0, 0.05) is 25.0 Å². The Hall–Kier alpha value is -2.44. The lowest BCUT2D eigenvalue weighted by atomic mass is 10.2. The molecule has 0 bridgehead atoms. The van der Waals surface area contributed by atoms with Crippen molar-refractivity contribution < 1.29 is 4.79 Å². The van der Waals surface area contributed by atoms with E-state index in [1.54, 1.807) is 7.05 Å². The number of carbonyl (C=O) groups excluding carboxylic acids is 1. The van der Waals surface area contributed by atoms with E-state index >= 15 is 0 Å². The van der Waals surface area contributed by atoms with Gasteiger partial charge in [-0.2, -0.15) is 0 Å². The van der Waals surface area contributed by atoms with E-state index in [0.717, 1.165) is 0 Å². The molecule has 1 amide bonds. The van der Waals surface area contributed by atoms with Crippen LogP contribution in [0.1, 0.15) is 16.2 Å². The highest BCUT2D eigenvalue weighted by atomic mass is 16.1. The number of rotatable bonds is 3. The number of hydrogen-bond donors (Lipinski definition) is 3. The highest BCUT2D eigenvalue weighted by molar-refractivity contribution is 6.09. The first-order chi connectivity index (χ1) is 7.60. The Kier molecular flexibility index (Phi) is 3.54. The second kappa shape index (κ2) is 4.87. The number of allylic oxidation sites excluding steroid dienone is 1. The van der Waals surface area contributed by atoms with Gasteiger partial charge < -0.3 is 17.2 Å². The first-order valence-electron chi connectivity index (χ1n) is 4.37. The van der Waals surface area contributed by atoms with Crippen molar-refractivity contribution in [2.24, 2.45) is 16.5 Å². The Balaban J connectivity index is 3.27. The van der Waals surface area contributed by atoms with Crippen LogP contribution in [0, 0.1) is 0 Å². The molecule has 0 aliphatic heterocycles. The molecule has 0 fully saturated rings. The minimum Gasteiger partial charge on any atom is -0.404 e. The summed E-state index contributed by atoms with van der Waals surface area (Å²) < 4.78 is 0. The predicted molar refractivity (Wildman–Crippen MR) is 61.5 cm³/mol. The van der Waals surface area contributed by atoms with Crippen LogP contribution in [-0.2, 0) is 0 Å². The highest BCUT2D eigenvalue weighted by Crippen LogP contribution is 2.11. The molecule has 1 heterocycles. The molecule has 1 aromatic rings. The normalized spacial score (nSPS) is 11.9. The fourth-order valence-electron chi connectivity index (χ4n) is 1.05. The number of nitrogens with zero attached hydrogens (tertiary/aromatic N) is 3. The lowest BCUT2D eigenvalue weighted by molar-refractivity contribution is 0.0996. The zero-order chi connectivity index (χ0) is 12.1. The van der Waals surface area contributed by atoms with Crippen molar-refractivity contribution in [3.05, 3.63) is 23.8 Å². The Bertz CT molecular complexity index is 465. The summed E-state index contributed by atoms with van der Waals surface area (Å²) in [5, 5.41) is 0. The third kappa shape index (κ3) is 2.32. The van der Waals surface area contributed by atoms with Gasteiger partial charge in [-0.15, -0.1) is 0 Å². The van der Waals surface area contributed by atoms with Crippen LogP contribution in [0.5, 0.6) is 0 Å². The molecule has 7 heteroatoms. The number of nitrogen functional groups attached to an aromatic ring is 1. The van der Waals surface area contributed by atoms with Crippen LogP contribution in [0.2, 0.25) is 0 Å². The predicted octanol–water partition coefficient (Wildman–Crippen LogP) is -0.842. The third-order valence-corrected chi connectivity index (χ3v) is 1.78. The van der Waals surface area contributed by atoms with E-state index in [4.69, 9.17) is 17.2 Å². The maximum Gasteiger partial charge on any atom is 0.271 e. The van der Waals surface area contributed by atoms with E-state index in [1.807, 2.05) is 0 Å². The summed E-state index contributed by atoms with van der Waals surface area (Å²) in [5.41, 5.74) is 16.8. The van der Waals surface area contributed by atoms with E-state index in [9.17, 15) is 4.79 Å². The smallest absolute Gasteiger partial charge is 0.271 e. The summed E-state index contributed by atoms with van der Waals surface area (Å²) in [6.45, 7) is 0. The molecule has 6 N–H and O–H groups in total. The first kappa shape index (κ1) is 11.6. The summed E-state index contributed by atoms with van der Waals surface area (Å²) in [7, 11) is 1.59. The third-order valence-electron chi connectivity index (χ3n) is 1.78. The highest BCUT2D eigenvalue weighted by Gasteiger charge is 2.11. The van der Waals surface area contributed by atoms with Gasteiger partial charge in [0.15, 0.2) is 11.5 Å². The van der Waals surface area contributed by atoms with Gasteiger partial charge in [-0.3, -0.25) is 9.79 Å². The van der Waals surface area contributed by atoms with Crippen molar-refractivity contribution in [1.29, 1.82) is 0 Å². The molecule has 0 aliphatic rings. The van der Waals surface area contributed by atoms with Gasteiger partial charge in [0.2, 0.25) is 0 Å². The number of nitrogens with two attached hydrogens (primary N) is 3. The molecular formula is C9H12N6O. The van der Waals surface area contributed by atoms with Crippen molar-refractivity contribution >= 4 is 23.5 Å². The van der Waals surface area contributed by atoms with Crippen LogP contribution in [0.3, 0.4) is 0 Å². The fraction of sp³-hybridized carbons (Fsp3) is 0.111. The lowest BCUT2D eigenvalue weighted by Crippen LogP contribution is -2.17. The van der Waals surface area contributed by atoms with E-state index in [-0.39, 0.29) is 11.5 Å². The second-order valence-electron chi connectivity index (χ2n) is 2.86. The summed E-state index contributed by atoms with van der Waals surface area (Å²) in [5.74, 6) is -0.752. The number of carbonyl (C=O) groups is 1. The largest absolute Gasteiger partial charge is 0.404 e. The van der Waals surface area contributed by atoms with Crippen LogP contribution >= 0.6 is 0 Å². The van der Waals surface area contributed by atoms with Crippen LogP contribution < -0.4 is 17.2 Å². The van der Waals surface area contributed by atoms with Crippen molar-refractivity contribution in [1.82, 2.24) is 9.97 Å². The quantitative estimate of drug-likeness (QED) is 0.571. The standard InChI is InChI=1S/C9H12N6O/c1-13-3-5(2-10)6-4-14-8(11)7(15-6)9(12)16/h2-4H,10H2,1H3,(H2,11,14)(H2,12,16). The second-order valence-corrected chi connectivity index (χ2v) is 2.86. The zero-order valence-electron chi connectivity index (χ0n) is 8.71. The van der Waals surface area contributed by atoms with Gasteiger partial charge in [0.25, 0.3) is 5.91 Å². The number of primary amides is 1. The molecule has 0 aromatic carbocycles. The zero-order valence-corrected chi connectivity index (χ0v) is 8.71. The van der Waals surface area contributed by atoms with Gasteiger partial charge in [0.05, 0.1) is 11.9 Å². The molecule has 1 aromatic heterocycles. The Morgan fingerprint density at radius 1 is 1.56 bits per heavy atom. The molecule has 7 nitrogen and oxygen atoms in total. The summed E-state index contributed by atoms with van der Waals surface area (Å²) >= 11 is 0. The Morgan fingerprint density at radius 2 is 2.25 bits per heavy atom. The minimum absolute atomic E-state index is 0.0129. The molecule has 16 heavy (non-hydrogen) atoms. The summed E-state index contributed by atoms with van der Waals surface area (Å²) in [6, 6.07) is 0. The number of aliphatic imine (C=N–C) groups is 1. The van der Waals surface area contributed by atoms with Crippen molar-refractivity contribution in [3.8, 4) is 0 Å². The van der Waals surface area contributed by atoms with Crippen molar-refractivity contribution in [3.63, 3.8) is 0 Å². The topological polar surface area (TPSA) is 133 Å². The van der Waals surface area contributed by atoms with Gasteiger partial charge in [-0.25, -0.2) is 9.97 Å². The van der Waals surface area contributed by atoms with Crippen LogP contribution in [0.4, 0.5) is 5.82 Å². The molecular weight excluding hydrogens is 208 g/mol. The minimum atomic E-state index is -0.739. The molecule has 0 saturated carbocycles. The number of aromatic nitrogens is 2. The maximum absolute atomic E-state index is 11.0. The van der Waals surface area contributed by atoms with Gasteiger partial charge >= 0.3 is 0 Å². The first-order valence-corrected chi connectivity index (χ1v) is 4.37. The Labute approximate surface area is 92.1 Å². The van der Waals surface area contributed by atoms with Gasteiger partial charge in [-0.05, 0) is 0 Å².